The predicted molar refractivity (Wildman–Crippen MR) is 104 cm³/mol. The normalized spacial score (nSPS) is 12.8. The molecule has 2 heterocycles. The lowest BCUT2D eigenvalue weighted by atomic mass is 10.1. The van der Waals surface area contributed by atoms with Crippen LogP contribution >= 0.6 is 0 Å². The predicted octanol–water partition coefficient (Wildman–Crippen LogP) is 3.98. The van der Waals surface area contributed by atoms with E-state index in [1.807, 2.05) is 35.0 Å². The first kappa shape index (κ1) is 18.4. The van der Waals surface area contributed by atoms with E-state index in [-0.39, 0.29) is 6.04 Å². The van der Waals surface area contributed by atoms with Gasteiger partial charge in [-0.2, -0.15) is 5.10 Å². The van der Waals surface area contributed by atoms with Crippen LogP contribution in [0.4, 0.5) is 0 Å². The fraction of sp³-hybridized carbons (Fsp3) is 0.381. The van der Waals surface area contributed by atoms with Crippen molar-refractivity contribution < 1.29 is 4.42 Å². The van der Waals surface area contributed by atoms with Gasteiger partial charge in [0.15, 0.2) is 0 Å². The van der Waals surface area contributed by atoms with E-state index >= 15 is 0 Å². The standard InChI is InChI=1S/C21H28N4O/c1-16(2)21-17(15-25(23-21)18-9-6-5-7-10-18)13-22-14-19(24(3)4)20-11-8-12-26-20/h5-12,15-16,19,22H,13-14H2,1-4H3. The molecule has 1 N–H and O–H groups in total. The largest absolute Gasteiger partial charge is 0.468 e. The highest BCUT2D eigenvalue weighted by atomic mass is 16.3. The average molecular weight is 352 g/mol. The van der Waals surface area contributed by atoms with Crippen LogP contribution in [-0.2, 0) is 6.54 Å². The zero-order valence-corrected chi connectivity index (χ0v) is 16.0. The van der Waals surface area contributed by atoms with Crippen LogP contribution in [0.3, 0.4) is 0 Å². The summed E-state index contributed by atoms with van der Waals surface area (Å²) in [6, 6.07) is 14.4. The van der Waals surface area contributed by atoms with E-state index in [9.17, 15) is 0 Å². The van der Waals surface area contributed by atoms with Gasteiger partial charge >= 0.3 is 0 Å². The van der Waals surface area contributed by atoms with E-state index in [0.717, 1.165) is 30.2 Å². The van der Waals surface area contributed by atoms with Gasteiger partial charge in [0.25, 0.3) is 0 Å². The monoisotopic (exact) mass is 352 g/mol. The number of para-hydroxylation sites is 1. The Labute approximate surface area is 155 Å². The highest BCUT2D eigenvalue weighted by Gasteiger charge is 2.18. The fourth-order valence-corrected chi connectivity index (χ4v) is 3.12. The van der Waals surface area contributed by atoms with Gasteiger partial charge in [-0.1, -0.05) is 32.0 Å². The lowest BCUT2D eigenvalue weighted by Crippen LogP contribution is -2.30. The number of nitrogens with one attached hydrogen (secondary N) is 1. The second-order valence-electron chi connectivity index (χ2n) is 7.10. The van der Waals surface area contributed by atoms with Crippen molar-refractivity contribution in [2.45, 2.75) is 32.4 Å². The quantitative estimate of drug-likeness (QED) is 0.666. The van der Waals surface area contributed by atoms with Crippen molar-refractivity contribution in [2.24, 2.45) is 0 Å². The summed E-state index contributed by atoms with van der Waals surface area (Å²) in [5.41, 5.74) is 3.46. The molecule has 0 bridgehead atoms. The van der Waals surface area contributed by atoms with E-state index in [4.69, 9.17) is 9.52 Å². The van der Waals surface area contributed by atoms with Gasteiger partial charge in [-0.05, 0) is 44.3 Å². The Bertz CT molecular complexity index is 791. The van der Waals surface area contributed by atoms with E-state index in [1.165, 1.54) is 5.56 Å². The smallest absolute Gasteiger partial charge is 0.122 e. The number of likely N-dealkylation sites (N-methyl/N-ethyl adjacent to an activating group) is 1. The molecule has 1 aromatic carbocycles. The lowest BCUT2D eigenvalue weighted by molar-refractivity contribution is 0.250. The molecular formula is C21H28N4O. The molecule has 0 amide bonds. The molecule has 2 aromatic heterocycles. The zero-order chi connectivity index (χ0) is 18.5. The lowest BCUT2D eigenvalue weighted by Gasteiger charge is -2.22. The van der Waals surface area contributed by atoms with E-state index in [0.29, 0.717) is 5.92 Å². The molecule has 1 atom stereocenters. The molecule has 0 aliphatic rings. The van der Waals surface area contributed by atoms with Crippen molar-refractivity contribution in [2.75, 3.05) is 20.6 Å². The number of benzene rings is 1. The van der Waals surface area contributed by atoms with Crippen LogP contribution < -0.4 is 5.32 Å². The first-order valence-electron chi connectivity index (χ1n) is 9.10. The molecule has 0 radical (unpaired) electrons. The number of furan rings is 1. The molecule has 0 spiro atoms. The average Bonchev–Trinajstić information content (AvgIpc) is 3.29. The summed E-state index contributed by atoms with van der Waals surface area (Å²) >= 11 is 0. The first-order chi connectivity index (χ1) is 12.6. The zero-order valence-electron chi connectivity index (χ0n) is 16.0. The molecule has 0 saturated carbocycles. The maximum Gasteiger partial charge on any atom is 0.122 e. The molecule has 26 heavy (non-hydrogen) atoms. The summed E-state index contributed by atoms with van der Waals surface area (Å²) in [4.78, 5) is 2.17. The van der Waals surface area contributed by atoms with Gasteiger partial charge in [-0.25, -0.2) is 4.68 Å². The third-order valence-corrected chi connectivity index (χ3v) is 4.54. The van der Waals surface area contributed by atoms with Crippen molar-refractivity contribution in [3.05, 3.63) is 71.9 Å². The van der Waals surface area contributed by atoms with E-state index in [1.54, 1.807) is 6.26 Å². The van der Waals surface area contributed by atoms with Crippen LogP contribution in [0.25, 0.3) is 5.69 Å². The highest BCUT2D eigenvalue weighted by molar-refractivity contribution is 5.33. The van der Waals surface area contributed by atoms with Crippen LogP contribution in [0.5, 0.6) is 0 Å². The molecule has 0 saturated heterocycles. The summed E-state index contributed by atoms with van der Waals surface area (Å²) in [5.74, 6) is 1.36. The SMILES string of the molecule is CC(C)c1nn(-c2ccccc2)cc1CNCC(c1ccco1)N(C)C. The van der Waals surface area contributed by atoms with Crippen molar-refractivity contribution in [3.8, 4) is 5.69 Å². The minimum Gasteiger partial charge on any atom is -0.468 e. The Hall–Kier alpha value is -2.37. The molecule has 0 aliphatic carbocycles. The van der Waals surface area contributed by atoms with Crippen LogP contribution in [0.1, 0.15) is 42.8 Å². The molecule has 5 nitrogen and oxygen atoms in total. The first-order valence-corrected chi connectivity index (χ1v) is 9.10. The van der Waals surface area contributed by atoms with Crippen LogP contribution in [0.2, 0.25) is 0 Å². The van der Waals surface area contributed by atoms with Gasteiger partial charge < -0.3 is 9.73 Å². The third kappa shape index (κ3) is 4.23. The molecule has 138 valence electrons. The second kappa shape index (κ2) is 8.34. The molecule has 5 heteroatoms. The van der Waals surface area contributed by atoms with Crippen molar-refractivity contribution in [3.63, 3.8) is 0 Å². The van der Waals surface area contributed by atoms with Gasteiger partial charge in [-0.3, -0.25) is 4.90 Å². The summed E-state index contributed by atoms with van der Waals surface area (Å²) in [7, 11) is 4.14. The Morgan fingerprint density at radius 3 is 2.50 bits per heavy atom. The number of nitrogens with zero attached hydrogens (tertiary/aromatic N) is 3. The minimum absolute atomic E-state index is 0.205. The van der Waals surface area contributed by atoms with Crippen LogP contribution in [0.15, 0.2) is 59.3 Å². The Balaban J connectivity index is 1.72. The van der Waals surface area contributed by atoms with Gasteiger partial charge in [0, 0.05) is 24.8 Å². The number of rotatable bonds is 8. The van der Waals surface area contributed by atoms with Gasteiger partial charge in [-0.15, -0.1) is 0 Å². The second-order valence-corrected chi connectivity index (χ2v) is 7.10. The van der Waals surface area contributed by atoms with Crippen LogP contribution in [0, 0.1) is 0 Å². The Kier molecular flexibility index (Phi) is 5.91. The number of hydrogen-bond donors (Lipinski definition) is 1. The maximum atomic E-state index is 5.59. The summed E-state index contributed by atoms with van der Waals surface area (Å²) in [6.45, 7) is 5.97. The molecule has 0 aliphatic heterocycles. The number of aromatic nitrogens is 2. The topological polar surface area (TPSA) is 46.2 Å². The minimum atomic E-state index is 0.205. The van der Waals surface area contributed by atoms with Gasteiger partial charge in [0.1, 0.15) is 5.76 Å². The van der Waals surface area contributed by atoms with Crippen LogP contribution in [-0.4, -0.2) is 35.3 Å². The molecule has 3 aromatic rings. The Morgan fingerprint density at radius 1 is 1.12 bits per heavy atom. The summed E-state index contributed by atoms with van der Waals surface area (Å²) < 4.78 is 7.56. The van der Waals surface area contributed by atoms with E-state index in [2.05, 4.69) is 56.5 Å². The number of hydrogen-bond acceptors (Lipinski definition) is 4. The highest BCUT2D eigenvalue weighted by Crippen LogP contribution is 2.21. The molecule has 1 unspecified atom stereocenters. The van der Waals surface area contributed by atoms with E-state index < -0.39 is 0 Å². The Morgan fingerprint density at radius 2 is 1.88 bits per heavy atom. The summed E-state index contributed by atoms with van der Waals surface area (Å²) in [5, 5.41) is 8.39. The summed E-state index contributed by atoms with van der Waals surface area (Å²) in [6.07, 6.45) is 3.86. The maximum absolute atomic E-state index is 5.59. The fourth-order valence-electron chi connectivity index (χ4n) is 3.12. The van der Waals surface area contributed by atoms with Crippen molar-refractivity contribution in [1.82, 2.24) is 20.0 Å². The molecule has 3 rings (SSSR count). The van der Waals surface area contributed by atoms with Gasteiger partial charge in [0.05, 0.1) is 23.7 Å². The molecule has 0 fully saturated rings. The van der Waals surface area contributed by atoms with Crippen molar-refractivity contribution >= 4 is 0 Å². The van der Waals surface area contributed by atoms with Crippen molar-refractivity contribution in [1.29, 1.82) is 0 Å². The third-order valence-electron chi connectivity index (χ3n) is 4.54. The van der Waals surface area contributed by atoms with Gasteiger partial charge in [0.2, 0.25) is 0 Å². The molecular weight excluding hydrogens is 324 g/mol.